The monoisotopic (exact) mass is 299 g/mol. The first-order valence-electron chi connectivity index (χ1n) is 7.53. The predicted molar refractivity (Wildman–Crippen MR) is 86.3 cm³/mol. The fraction of sp³-hybridized carbons (Fsp3) is 0.438. The molecule has 1 fully saturated rings. The van der Waals surface area contributed by atoms with E-state index in [-0.39, 0.29) is 0 Å². The van der Waals surface area contributed by atoms with Crippen molar-refractivity contribution < 1.29 is 4.63 Å². The van der Waals surface area contributed by atoms with Crippen LogP contribution in [0.5, 0.6) is 0 Å². The standard InChI is InChI=1S/C16H21N5O/c1-11-4-3-5-12(10-11)19-14(17)13-15(21-22-20-13)18-9-8-16(2)6-7-16/h3-5,10H,6-9H2,1-2H3,(H2,17,19)(H,18,21). The average Bonchev–Trinajstić information content (AvgIpc) is 3.01. The molecule has 22 heavy (non-hydrogen) atoms. The Kier molecular flexibility index (Phi) is 3.83. The van der Waals surface area contributed by atoms with Crippen molar-refractivity contribution in [1.82, 2.24) is 10.3 Å². The number of hydrogen-bond donors (Lipinski definition) is 2. The number of aryl methyl sites for hydroxylation is 1. The minimum absolute atomic E-state index is 0.298. The zero-order valence-corrected chi connectivity index (χ0v) is 13.0. The van der Waals surface area contributed by atoms with E-state index in [0.717, 1.165) is 24.2 Å². The van der Waals surface area contributed by atoms with Gasteiger partial charge in [0, 0.05) is 6.54 Å². The lowest BCUT2D eigenvalue weighted by molar-refractivity contribution is 0.307. The third kappa shape index (κ3) is 3.44. The molecule has 1 aromatic carbocycles. The number of anilines is 1. The van der Waals surface area contributed by atoms with Crippen LogP contribution in [0.2, 0.25) is 0 Å². The molecule has 1 saturated carbocycles. The van der Waals surface area contributed by atoms with Crippen LogP contribution in [0.1, 0.15) is 37.4 Å². The Labute approximate surface area is 129 Å². The maximum atomic E-state index is 6.04. The number of nitrogens with zero attached hydrogens (tertiary/aromatic N) is 3. The molecule has 1 aliphatic rings. The van der Waals surface area contributed by atoms with Crippen molar-refractivity contribution in [2.24, 2.45) is 16.1 Å². The van der Waals surface area contributed by atoms with Crippen molar-refractivity contribution in [2.75, 3.05) is 11.9 Å². The molecule has 1 aliphatic carbocycles. The Morgan fingerprint density at radius 1 is 1.41 bits per heavy atom. The molecule has 0 unspecified atom stereocenters. The molecule has 6 heteroatoms. The van der Waals surface area contributed by atoms with Gasteiger partial charge in [0.1, 0.15) is 0 Å². The summed E-state index contributed by atoms with van der Waals surface area (Å²) < 4.78 is 4.80. The van der Waals surface area contributed by atoms with E-state index in [2.05, 4.69) is 27.5 Å². The van der Waals surface area contributed by atoms with E-state index in [9.17, 15) is 0 Å². The van der Waals surface area contributed by atoms with Crippen molar-refractivity contribution in [3.8, 4) is 0 Å². The number of aliphatic imine (C=N–C) groups is 1. The van der Waals surface area contributed by atoms with Crippen LogP contribution >= 0.6 is 0 Å². The second kappa shape index (κ2) is 5.79. The van der Waals surface area contributed by atoms with E-state index in [1.165, 1.54) is 12.8 Å². The normalized spacial score (nSPS) is 16.5. The van der Waals surface area contributed by atoms with E-state index >= 15 is 0 Å². The third-order valence-corrected chi connectivity index (χ3v) is 4.11. The minimum atomic E-state index is 0.298. The van der Waals surface area contributed by atoms with Gasteiger partial charge in [-0.05, 0) is 59.6 Å². The molecule has 0 saturated heterocycles. The SMILES string of the molecule is Cc1cccc(N=C(N)c2nonc2NCCC2(C)CC2)c1. The molecule has 6 nitrogen and oxygen atoms in total. The Hall–Kier alpha value is -2.37. The topological polar surface area (TPSA) is 89.3 Å². The number of rotatable bonds is 6. The van der Waals surface area contributed by atoms with Crippen LogP contribution in [-0.4, -0.2) is 22.7 Å². The molecule has 116 valence electrons. The maximum Gasteiger partial charge on any atom is 0.202 e. The van der Waals surface area contributed by atoms with Gasteiger partial charge in [-0.2, -0.15) is 0 Å². The molecule has 1 aromatic heterocycles. The molecule has 1 heterocycles. The van der Waals surface area contributed by atoms with Crippen molar-refractivity contribution >= 4 is 17.3 Å². The van der Waals surface area contributed by atoms with Crippen molar-refractivity contribution in [1.29, 1.82) is 0 Å². The molecule has 0 bridgehead atoms. The van der Waals surface area contributed by atoms with E-state index in [1.54, 1.807) is 0 Å². The van der Waals surface area contributed by atoms with Crippen molar-refractivity contribution in [3.05, 3.63) is 35.5 Å². The summed E-state index contributed by atoms with van der Waals surface area (Å²) >= 11 is 0. The van der Waals surface area contributed by atoms with E-state index in [1.807, 2.05) is 31.2 Å². The molecule has 0 aliphatic heterocycles. The van der Waals surface area contributed by atoms with Gasteiger partial charge in [0.2, 0.25) is 5.82 Å². The molecule has 3 N–H and O–H groups in total. The summed E-state index contributed by atoms with van der Waals surface area (Å²) in [4.78, 5) is 4.38. The number of hydrogen-bond acceptors (Lipinski definition) is 5. The lowest BCUT2D eigenvalue weighted by Gasteiger charge is -2.08. The van der Waals surface area contributed by atoms with Crippen LogP contribution in [0.15, 0.2) is 33.9 Å². The van der Waals surface area contributed by atoms with Crippen LogP contribution < -0.4 is 11.1 Å². The quantitative estimate of drug-likeness (QED) is 0.632. The number of nitrogens with one attached hydrogen (secondary N) is 1. The summed E-state index contributed by atoms with van der Waals surface area (Å²) in [5.74, 6) is 0.852. The lowest BCUT2D eigenvalue weighted by Crippen LogP contribution is -2.17. The summed E-state index contributed by atoms with van der Waals surface area (Å²) in [5, 5.41) is 11.0. The molecule has 0 amide bonds. The smallest absolute Gasteiger partial charge is 0.202 e. The Morgan fingerprint density at radius 3 is 2.95 bits per heavy atom. The molecule has 2 aromatic rings. The van der Waals surface area contributed by atoms with Gasteiger partial charge < -0.3 is 11.1 Å². The summed E-state index contributed by atoms with van der Waals surface area (Å²) in [5.41, 5.74) is 8.91. The van der Waals surface area contributed by atoms with Crippen LogP contribution in [0.3, 0.4) is 0 Å². The molecule has 0 radical (unpaired) electrons. The van der Waals surface area contributed by atoms with Gasteiger partial charge in [0.25, 0.3) is 0 Å². The highest BCUT2D eigenvalue weighted by atomic mass is 16.6. The molecule has 0 atom stereocenters. The van der Waals surface area contributed by atoms with Crippen molar-refractivity contribution in [3.63, 3.8) is 0 Å². The highest BCUT2D eigenvalue weighted by Crippen LogP contribution is 2.47. The summed E-state index contributed by atoms with van der Waals surface area (Å²) in [6.45, 7) is 5.14. The maximum absolute atomic E-state index is 6.04. The Morgan fingerprint density at radius 2 is 2.23 bits per heavy atom. The number of benzene rings is 1. The molecule has 0 spiro atoms. The molecular weight excluding hydrogens is 278 g/mol. The second-order valence-electron chi connectivity index (χ2n) is 6.28. The first kappa shape index (κ1) is 14.6. The average molecular weight is 299 g/mol. The highest BCUT2D eigenvalue weighted by Gasteiger charge is 2.36. The van der Waals surface area contributed by atoms with Gasteiger partial charge in [0.15, 0.2) is 11.5 Å². The van der Waals surface area contributed by atoms with Gasteiger partial charge in [0.05, 0.1) is 5.69 Å². The van der Waals surface area contributed by atoms with Gasteiger partial charge >= 0.3 is 0 Å². The largest absolute Gasteiger partial charge is 0.382 e. The summed E-state index contributed by atoms with van der Waals surface area (Å²) in [7, 11) is 0. The van der Waals surface area contributed by atoms with Crippen LogP contribution in [0, 0.1) is 12.3 Å². The van der Waals surface area contributed by atoms with Gasteiger partial charge in [-0.15, -0.1) is 0 Å². The van der Waals surface area contributed by atoms with E-state index in [0.29, 0.717) is 22.8 Å². The van der Waals surface area contributed by atoms with Gasteiger partial charge in [-0.3, -0.25) is 0 Å². The summed E-state index contributed by atoms with van der Waals surface area (Å²) in [6.07, 6.45) is 3.71. The Bertz CT molecular complexity index is 687. The van der Waals surface area contributed by atoms with Crippen molar-refractivity contribution in [2.45, 2.75) is 33.1 Å². The fourth-order valence-electron chi connectivity index (χ4n) is 2.31. The molecular formula is C16H21N5O. The number of amidine groups is 1. The van der Waals surface area contributed by atoms with Crippen LogP contribution in [0.4, 0.5) is 11.5 Å². The van der Waals surface area contributed by atoms with Gasteiger partial charge in [-0.25, -0.2) is 9.62 Å². The predicted octanol–water partition coefficient (Wildman–Crippen LogP) is 3.02. The Balaban J connectivity index is 1.70. The van der Waals surface area contributed by atoms with E-state index in [4.69, 9.17) is 10.4 Å². The first-order valence-corrected chi connectivity index (χ1v) is 7.53. The van der Waals surface area contributed by atoms with Gasteiger partial charge in [-0.1, -0.05) is 19.1 Å². The van der Waals surface area contributed by atoms with E-state index < -0.39 is 0 Å². The van der Waals surface area contributed by atoms with Crippen LogP contribution in [0.25, 0.3) is 0 Å². The van der Waals surface area contributed by atoms with Crippen LogP contribution in [-0.2, 0) is 0 Å². The minimum Gasteiger partial charge on any atom is -0.382 e. The summed E-state index contributed by atoms with van der Waals surface area (Å²) in [6, 6.07) is 7.81. The second-order valence-corrected chi connectivity index (χ2v) is 6.28. The number of nitrogens with two attached hydrogens (primary N) is 1. The zero-order valence-electron chi connectivity index (χ0n) is 13.0. The zero-order chi connectivity index (χ0) is 15.6. The third-order valence-electron chi connectivity index (χ3n) is 4.11. The highest BCUT2D eigenvalue weighted by molar-refractivity contribution is 6.00. The molecule has 3 rings (SSSR count). The first-order chi connectivity index (χ1) is 10.6. The number of aromatic nitrogens is 2. The fourth-order valence-corrected chi connectivity index (χ4v) is 2.31. The lowest BCUT2D eigenvalue weighted by atomic mass is 10.1.